The lowest BCUT2D eigenvalue weighted by Crippen LogP contribution is -2.07. The number of aliphatic hydroxyl groups excluding tert-OH is 1. The molecule has 1 aromatic carbocycles. The maximum atomic E-state index is 8.71. The largest absolute Gasteiger partial charge is 0.394 e. The summed E-state index contributed by atoms with van der Waals surface area (Å²) in [6.07, 6.45) is 0.106. The molecule has 1 fully saturated rings. The number of hydrogen-bond acceptors (Lipinski definition) is 3. The van der Waals surface area contributed by atoms with Crippen LogP contribution in [-0.4, -0.2) is 30.5 Å². The molecule has 0 radical (unpaired) electrons. The first-order valence-electron chi connectivity index (χ1n) is 4.78. The molecule has 1 heterocycles. The second-order valence-corrected chi connectivity index (χ2v) is 3.40. The summed E-state index contributed by atoms with van der Waals surface area (Å²) in [6, 6.07) is 10.0. The van der Waals surface area contributed by atoms with E-state index in [0.29, 0.717) is 13.2 Å². The van der Waals surface area contributed by atoms with Gasteiger partial charge in [-0.1, -0.05) is 30.3 Å². The molecule has 0 aliphatic carbocycles. The zero-order valence-electron chi connectivity index (χ0n) is 7.93. The van der Waals surface area contributed by atoms with Crippen LogP contribution in [0.4, 0.5) is 0 Å². The topological polar surface area (TPSA) is 42.0 Å². The first-order chi connectivity index (χ1) is 6.90. The Balaban J connectivity index is 1.64. The Kier molecular flexibility index (Phi) is 3.14. The molecule has 1 N–H and O–H groups in total. The molecule has 3 heteroatoms. The number of benzene rings is 1. The molecule has 1 aliphatic rings. The van der Waals surface area contributed by atoms with Gasteiger partial charge in [-0.25, -0.2) is 0 Å². The molecule has 1 aliphatic heterocycles. The van der Waals surface area contributed by atoms with Crippen LogP contribution in [0.3, 0.4) is 0 Å². The lowest BCUT2D eigenvalue weighted by molar-refractivity contribution is 0.104. The minimum Gasteiger partial charge on any atom is -0.394 e. The minimum atomic E-state index is 0.00535. The van der Waals surface area contributed by atoms with Crippen LogP contribution < -0.4 is 0 Å². The molecule has 0 aromatic heterocycles. The third-order valence-electron chi connectivity index (χ3n) is 2.26. The first-order valence-corrected chi connectivity index (χ1v) is 4.78. The minimum absolute atomic E-state index is 0.00535. The fourth-order valence-corrected chi connectivity index (χ4v) is 1.35. The smallest absolute Gasteiger partial charge is 0.110 e. The lowest BCUT2D eigenvalue weighted by atomic mass is 10.2. The van der Waals surface area contributed by atoms with Crippen LogP contribution in [0.2, 0.25) is 0 Å². The summed E-state index contributed by atoms with van der Waals surface area (Å²) in [5, 5.41) is 8.71. The number of rotatable bonds is 5. The molecule has 2 rings (SSSR count). The molecule has 1 saturated heterocycles. The highest BCUT2D eigenvalue weighted by Gasteiger charge is 2.37. The summed E-state index contributed by atoms with van der Waals surface area (Å²) in [6.45, 7) is 1.28. The molecule has 1 aromatic rings. The predicted molar refractivity (Wildman–Crippen MR) is 51.8 cm³/mol. The third-order valence-corrected chi connectivity index (χ3v) is 2.26. The Bertz CT molecular complexity index is 273. The van der Waals surface area contributed by atoms with Crippen LogP contribution in [0, 0.1) is 0 Å². The van der Waals surface area contributed by atoms with E-state index in [1.54, 1.807) is 0 Å². The lowest BCUT2D eigenvalue weighted by Gasteiger charge is -2.01. The molecule has 0 unspecified atom stereocenters. The summed E-state index contributed by atoms with van der Waals surface area (Å²) >= 11 is 0. The summed E-state index contributed by atoms with van der Waals surface area (Å²) in [7, 11) is 0. The number of ether oxygens (including phenoxy) is 2. The van der Waals surface area contributed by atoms with E-state index in [9.17, 15) is 0 Å². The average molecular weight is 196 g/mol. The third kappa shape index (κ3) is 2.54. The molecule has 0 bridgehead atoms. The van der Waals surface area contributed by atoms with Gasteiger partial charge in [0.2, 0.25) is 0 Å². The first kappa shape index (κ1) is 9.65. The maximum Gasteiger partial charge on any atom is 0.110 e. The van der Waals surface area contributed by atoms with Crippen molar-refractivity contribution in [2.24, 2.45) is 0 Å². The maximum absolute atomic E-state index is 8.71. The van der Waals surface area contributed by atoms with Gasteiger partial charge in [-0.15, -0.1) is 0 Å². The molecular weight excluding hydrogens is 182 g/mol. The molecule has 0 amide bonds. The van der Waals surface area contributed by atoms with Crippen molar-refractivity contribution >= 4 is 0 Å². The van der Waals surface area contributed by atoms with E-state index in [0.717, 1.165) is 5.56 Å². The van der Waals surface area contributed by atoms with Crippen molar-refractivity contribution < 1.29 is 14.6 Å². The molecule has 76 valence electrons. The van der Waals surface area contributed by atoms with Crippen molar-refractivity contribution in [3.05, 3.63) is 35.9 Å². The van der Waals surface area contributed by atoms with E-state index < -0.39 is 0 Å². The molecular formula is C11H14O3. The van der Waals surface area contributed by atoms with E-state index in [4.69, 9.17) is 14.6 Å². The molecule has 0 saturated carbocycles. The standard InChI is InChI=1S/C11H14O3/c12-6-10-11(14-10)8-13-7-9-4-2-1-3-5-9/h1-5,10-12H,6-8H2/t10-,11+/m0/s1/i10+1,11+1. The highest BCUT2D eigenvalue weighted by molar-refractivity contribution is 5.13. The van der Waals surface area contributed by atoms with Gasteiger partial charge in [0.25, 0.3) is 0 Å². The van der Waals surface area contributed by atoms with Crippen LogP contribution in [0.15, 0.2) is 30.3 Å². The predicted octanol–water partition coefficient (Wildman–Crippen LogP) is 0.963. The summed E-state index contributed by atoms with van der Waals surface area (Å²) in [5.41, 5.74) is 1.16. The van der Waals surface area contributed by atoms with Crippen molar-refractivity contribution in [1.29, 1.82) is 0 Å². The van der Waals surface area contributed by atoms with Gasteiger partial charge in [0, 0.05) is 0 Å². The van der Waals surface area contributed by atoms with E-state index >= 15 is 0 Å². The van der Waals surface area contributed by atoms with Gasteiger partial charge in [0.15, 0.2) is 0 Å². The van der Waals surface area contributed by atoms with Gasteiger partial charge in [0.05, 0.1) is 19.8 Å². The van der Waals surface area contributed by atoms with Crippen molar-refractivity contribution in [3.63, 3.8) is 0 Å². The van der Waals surface area contributed by atoms with Crippen molar-refractivity contribution in [2.45, 2.75) is 18.8 Å². The van der Waals surface area contributed by atoms with Crippen molar-refractivity contribution in [3.8, 4) is 0 Å². The highest BCUT2D eigenvalue weighted by atomic mass is 16.8. The fraction of sp³-hybridized carbons (Fsp3) is 0.455. The van der Waals surface area contributed by atoms with E-state index in [1.165, 1.54) is 0 Å². The average Bonchev–Trinajstić information content (AvgIpc) is 2.98. The van der Waals surface area contributed by atoms with Crippen LogP contribution >= 0.6 is 0 Å². The van der Waals surface area contributed by atoms with Gasteiger partial charge in [-0.2, -0.15) is 0 Å². The molecule has 14 heavy (non-hydrogen) atoms. The van der Waals surface area contributed by atoms with Crippen LogP contribution in [0.25, 0.3) is 0 Å². The summed E-state index contributed by atoms with van der Waals surface area (Å²) in [5.74, 6) is 0. The molecule has 0 spiro atoms. The highest BCUT2D eigenvalue weighted by Crippen LogP contribution is 2.21. The zero-order valence-corrected chi connectivity index (χ0v) is 7.93. The fourth-order valence-electron chi connectivity index (χ4n) is 1.35. The zero-order chi connectivity index (χ0) is 9.80. The van der Waals surface area contributed by atoms with E-state index in [-0.39, 0.29) is 18.8 Å². The second kappa shape index (κ2) is 4.55. The number of aliphatic hydroxyl groups is 1. The monoisotopic (exact) mass is 196 g/mol. The molecule has 2 atom stereocenters. The Labute approximate surface area is 83.3 Å². The van der Waals surface area contributed by atoms with Gasteiger partial charge in [0.1, 0.15) is 12.2 Å². The quantitative estimate of drug-likeness (QED) is 0.563. The van der Waals surface area contributed by atoms with Crippen LogP contribution in [0.1, 0.15) is 5.56 Å². The van der Waals surface area contributed by atoms with E-state index in [2.05, 4.69) is 0 Å². The van der Waals surface area contributed by atoms with Gasteiger partial charge in [-0.05, 0) is 5.56 Å². The normalized spacial score (nSPS) is 24.9. The van der Waals surface area contributed by atoms with Gasteiger partial charge < -0.3 is 14.6 Å². The summed E-state index contributed by atoms with van der Waals surface area (Å²) in [4.78, 5) is 0. The Morgan fingerprint density at radius 2 is 2.00 bits per heavy atom. The van der Waals surface area contributed by atoms with Gasteiger partial charge >= 0.3 is 0 Å². The second-order valence-electron chi connectivity index (χ2n) is 3.40. The number of hydrogen-bond donors (Lipinski definition) is 1. The van der Waals surface area contributed by atoms with Crippen LogP contribution in [-0.2, 0) is 16.1 Å². The Morgan fingerprint density at radius 3 is 2.64 bits per heavy atom. The van der Waals surface area contributed by atoms with Gasteiger partial charge in [-0.3, -0.25) is 0 Å². The van der Waals surface area contributed by atoms with Crippen molar-refractivity contribution in [2.75, 3.05) is 13.2 Å². The SMILES string of the molecule is OC[13C@@H]1O[13C@@H]1COCc1ccccc1. The Morgan fingerprint density at radius 1 is 1.21 bits per heavy atom. The van der Waals surface area contributed by atoms with Crippen molar-refractivity contribution in [1.82, 2.24) is 0 Å². The van der Waals surface area contributed by atoms with E-state index in [1.807, 2.05) is 30.3 Å². The Hall–Kier alpha value is -0.900. The summed E-state index contributed by atoms with van der Waals surface area (Å²) < 4.78 is 10.6. The van der Waals surface area contributed by atoms with Crippen LogP contribution in [0.5, 0.6) is 0 Å². The molecule has 3 nitrogen and oxygen atoms in total. The number of epoxide rings is 1.